The zero-order valence-corrected chi connectivity index (χ0v) is 14.7. The summed E-state index contributed by atoms with van der Waals surface area (Å²) in [7, 11) is 0. The van der Waals surface area contributed by atoms with Crippen molar-refractivity contribution in [1.29, 1.82) is 0 Å². The number of aryl methyl sites for hydroxylation is 1. The van der Waals surface area contributed by atoms with E-state index >= 15 is 0 Å². The Morgan fingerprint density at radius 2 is 1.96 bits per heavy atom. The standard InChI is InChI=1S/C18H24FN5O/c1-3-15(23-10-4-5-11-23)12-20-18(25)17-21-13(2)24(22-17)16-8-6-14(19)7-9-16/h6-9,15H,3-5,10-12H2,1-2H3,(H,20,25)/t15-/m0/s1. The molecule has 3 rings (SSSR count). The van der Waals surface area contributed by atoms with Crippen LogP contribution < -0.4 is 5.32 Å². The number of halogens is 1. The first-order valence-corrected chi connectivity index (χ1v) is 8.80. The van der Waals surface area contributed by atoms with Crippen LogP contribution in [0.15, 0.2) is 24.3 Å². The normalized spacial score (nSPS) is 16.1. The van der Waals surface area contributed by atoms with Crippen LogP contribution in [0, 0.1) is 12.7 Å². The topological polar surface area (TPSA) is 63.1 Å². The number of rotatable bonds is 6. The summed E-state index contributed by atoms with van der Waals surface area (Å²) in [6, 6.07) is 6.29. The van der Waals surface area contributed by atoms with Gasteiger partial charge in [-0.3, -0.25) is 9.69 Å². The second kappa shape index (κ2) is 7.74. The van der Waals surface area contributed by atoms with E-state index in [1.807, 2.05) is 0 Å². The predicted molar refractivity (Wildman–Crippen MR) is 93.3 cm³/mol. The highest BCUT2D eigenvalue weighted by molar-refractivity contribution is 5.90. The van der Waals surface area contributed by atoms with Gasteiger partial charge in [-0.15, -0.1) is 5.10 Å². The molecule has 1 atom stereocenters. The molecule has 2 heterocycles. The predicted octanol–water partition coefficient (Wildman–Crippen LogP) is 2.32. The van der Waals surface area contributed by atoms with Gasteiger partial charge in [0, 0.05) is 12.6 Å². The fourth-order valence-electron chi connectivity index (χ4n) is 3.24. The van der Waals surface area contributed by atoms with E-state index in [1.54, 1.807) is 23.7 Å². The molecule has 1 saturated heterocycles. The van der Waals surface area contributed by atoms with Gasteiger partial charge in [0.25, 0.3) is 5.91 Å². The average Bonchev–Trinajstić information content (AvgIpc) is 3.26. The van der Waals surface area contributed by atoms with E-state index in [0.29, 0.717) is 24.1 Å². The summed E-state index contributed by atoms with van der Waals surface area (Å²) in [5, 5.41) is 7.22. The molecule has 7 heteroatoms. The van der Waals surface area contributed by atoms with Crippen molar-refractivity contribution in [3.8, 4) is 5.69 Å². The Morgan fingerprint density at radius 1 is 1.28 bits per heavy atom. The zero-order chi connectivity index (χ0) is 17.8. The molecule has 0 spiro atoms. The Morgan fingerprint density at radius 3 is 2.60 bits per heavy atom. The van der Waals surface area contributed by atoms with E-state index in [2.05, 4.69) is 27.2 Å². The number of carbonyl (C=O) groups is 1. The summed E-state index contributed by atoms with van der Waals surface area (Å²) in [6.07, 6.45) is 3.46. The molecule has 1 fully saturated rings. The lowest BCUT2D eigenvalue weighted by molar-refractivity contribution is 0.0926. The minimum atomic E-state index is -0.313. The number of carbonyl (C=O) groups excluding carboxylic acids is 1. The van der Waals surface area contributed by atoms with Crippen LogP contribution in [0.5, 0.6) is 0 Å². The lowest BCUT2D eigenvalue weighted by atomic mass is 10.2. The zero-order valence-electron chi connectivity index (χ0n) is 14.7. The largest absolute Gasteiger partial charge is 0.348 e. The highest BCUT2D eigenvalue weighted by Gasteiger charge is 2.22. The molecule has 2 aromatic rings. The van der Waals surface area contributed by atoms with Gasteiger partial charge in [-0.2, -0.15) is 0 Å². The van der Waals surface area contributed by atoms with Gasteiger partial charge < -0.3 is 5.32 Å². The SMILES string of the molecule is CC[C@@H](CNC(=O)c1nc(C)n(-c2ccc(F)cc2)n1)N1CCCC1. The fraction of sp³-hybridized carbons (Fsp3) is 0.500. The molecule has 0 aliphatic carbocycles. The van der Waals surface area contributed by atoms with Crippen molar-refractivity contribution in [2.45, 2.75) is 39.2 Å². The first-order chi connectivity index (χ1) is 12.1. The molecule has 1 aliphatic heterocycles. The summed E-state index contributed by atoms with van der Waals surface area (Å²) in [6.45, 7) is 6.71. The van der Waals surface area contributed by atoms with Crippen LogP contribution in [-0.4, -0.2) is 51.2 Å². The molecule has 134 valence electrons. The van der Waals surface area contributed by atoms with Gasteiger partial charge in [-0.05, 0) is 63.5 Å². The van der Waals surface area contributed by atoms with Crippen LogP contribution in [0.4, 0.5) is 4.39 Å². The van der Waals surface area contributed by atoms with Crippen molar-refractivity contribution < 1.29 is 9.18 Å². The number of aromatic nitrogens is 3. The molecule has 0 unspecified atom stereocenters. The smallest absolute Gasteiger partial charge is 0.291 e. The van der Waals surface area contributed by atoms with Crippen LogP contribution >= 0.6 is 0 Å². The van der Waals surface area contributed by atoms with Crippen LogP contribution in [0.2, 0.25) is 0 Å². The Labute approximate surface area is 147 Å². The number of likely N-dealkylation sites (tertiary alicyclic amines) is 1. The molecule has 0 bridgehead atoms. The highest BCUT2D eigenvalue weighted by atomic mass is 19.1. The van der Waals surface area contributed by atoms with E-state index in [4.69, 9.17) is 0 Å². The van der Waals surface area contributed by atoms with E-state index in [1.165, 1.54) is 25.0 Å². The number of nitrogens with one attached hydrogen (secondary N) is 1. The molecular weight excluding hydrogens is 321 g/mol. The van der Waals surface area contributed by atoms with Crippen LogP contribution in [0.25, 0.3) is 5.69 Å². The van der Waals surface area contributed by atoms with E-state index in [-0.39, 0.29) is 17.5 Å². The monoisotopic (exact) mass is 345 g/mol. The number of benzene rings is 1. The second-order valence-corrected chi connectivity index (χ2v) is 6.39. The molecule has 1 aromatic carbocycles. The minimum Gasteiger partial charge on any atom is -0.348 e. The highest BCUT2D eigenvalue weighted by Crippen LogP contribution is 2.14. The van der Waals surface area contributed by atoms with Gasteiger partial charge in [-0.25, -0.2) is 14.1 Å². The van der Waals surface area contributed by atoms with E-state index < -0.39 is 0 Å². The third-order valence-corrected chi connectivity index (χ3v) is 4.67. The van der Waals surface area contributed by atoms with Crippen molar-refractivity contribution in [1.82, 2.24) is 25.0 Å². The molecule has 6 nitrogen and oxygen atoms in total. The number of nitrogens with zero attached hydrogens (tertiary/aromatic N) is 4. The van der Waals surface area contributed by atoms with Crippen molar-refractivity contribution in [2.75, 3.05) is 19.6 Å². The Bertz CT molecular complexity index is 722. The second-order valence-electron chi connectivity index (χ2n) is 6.39. The summed E-state index contributed by atoms with van der Waals surface area (Å²) < 4.78 is 14.6. The van der Waals surface area contributed by atoms with E-state index in [0.717, 1.165) is 19.5 Å². The van der Waals surface area contributed by atoms with E-state index in [9.17, 15) is 9.18 Å². The quantitative estimate of drug-likeness (QED) is 0.873. The summed E-state index contributed by atoms with van der Waals surface area (Å²) in [4.78, 5) is 19.1. The molecular formula is C18H24FN5O. The third-order valence-electron chi connectivity index (χ3n) is 4.67. The number of hydrogen-bond donors (Lipinski definition) is 1. The maximum absolute atomic E-state index is 13.1. The number of hydrogen-bond acceptors (Lipinski definition) is 4. The Hall–Kier alpha value is -2.28. The van der Waals surface area contributed by atoms with Gasteiger partial charge in [-0.1, -0.05) is 6.92 Å². The van der Waals surface area contributed by atoms with Gasteiger partial charge in [0.2, 0.25) is 5.82 Å². The van der Waals surface area contributed by atoms with Crippen LogP contribution in [0.3, 0.4) is 0 Å². The fourth-order valence-corrected chi connectivity index (χ4v) is 3.24. The summed E-state index contributed by atoms with van der Waals surface area (Å²) >= 11 is 0. The molecule has 0 radical (unpaired) electrons. The molecule has 0 saturated carbocycles. The minimum absolute atomic E-state index is 0.137. The first-order valence-electron chi connectivity index (χ1n) is 8.80. The van der Waals surface area contributed by atoms with Crippen LogP contribution in [0.1, 0.15) is 42.6 Å². The summed E-state index contributed by atoms with van der Waals surface area (Å²) in [5.41, 5.74) is 0.675. The van der Waals surface area contributed by atoms with Crippen molar-refractivity contribution in [2.24, 2.45) is 0 Å². The maximum Gasteiger partial charge on any atom is 0.291 e. The van der Waals surface area contributed by atoms with Gasteiger partial charge >= 0.3 is 0 Å². The van der Waals surface area contributed by atoms with Crippen LogP contribution in [-0.2, 0) is 0 Å². The lowest BCUT2D eigenvalue weighted by Crippen LogP contribution is -2.42. The molecule has 1 aromatic heterocycles. The van der Waals surface area contributed by atoms with Crippen molar-refractivity contribution in [3.05, 3.63) is 41.7 Å². The number of amides is 1. The molecule has 1 N–H and O–H groups in total. The Kier molecular flexibility index (Phi) is 5.43. The van der Waals surface area contributed by atoms with Gasteiger partial charge in [0.15, 0.2) is 0 Å². The van der Waals surface area contributed by atoms with Crippen molar-refractivity contribution >= 4 is 5.91 Å². The lowest BCUT2D eigenvalue weighted by Gasteiger charge is -2.26. The van der Waals surface area contributed by atoms with Crippen molar-refractivity contribution in [3.63, 3.8) is 0 Å². The van der Waals surface area contributed by atoms with Gasteiger partial charge in [0.1, 0.15) is 11.6 Å². The maximum atomic E-state index is 13.1. The third kappa shape index (κ3) is 4.04. The first kappa shape index (κ1) is 17.5. The molecule has 1 aliphatic rings. The Balaban J connectivity index is 1.66. The molecule has 25 heavy (non-hydrogen) atoms. The van der Waals surface area contributed by atoms with Gasteiger partial charge in [0.05, 0.1) is 5.69 Å². The molecule has 1 amide bonds. The summed E-state index contributed by atoms with van der Waals surface area (Å²) in [5.74, 6) is 0.134. The average molecular weight is 345 g/mol.